The number of epoxide rings is 1. The minimum absolute atomic E-state index is 0.0927. The van der Waals surface area contributed by atoms with Crippen molar-refractivity contribution in [2.24, 2.45) is 0 Å². The molecule has 2 atom stereocenters. The molecule has 1 aliphatic rings. The first-order valence-corrected chi connectivity index (χ1v) is 8.70. The van der Waals surface area contributed by atoms with E-state index < -0.39 is 0 Å². The fourth-order valence-electron chi connectivity index (χ4n) is 2.66. The summed E-state index contributed by atoms with van der Waals surface area (Å²) in [6, 6.07) is 0. The highest BCUT2D eigenvalue weighted by Gasteiger charge is 2.36. The number of unbranched alkanes of at least 4 members (excludes halogenated alkanes) is 6. The standard InChI is InChI=1S/C17H32O4/c1-2-3-4-5-7-10-15-16(21-15)11-8-6-9-12-17(19)20-14-13-18/h15-16,18H,2-14H2,1H3. The zero-order chi connectivity index (χ0) is 15.3. The Labute approximate surface area is 129 Å². The van der Waals surface area contributed by atoms with Crippen LogP contribution >= 0.6 is 0 Å². The fraction of sp³-hybridized carbons (Fsp3) is 0.941. The Morgan fingerprint density at radius 1 is 1.00 bits per heavy atom. The van der Waals surface area contributed by atoms with Gasteiger partial charge < -0.3 is 14.6 Å². The average Bonchev–Trinajstić information content (AvgIpc) is 3.23. The lowest BCUT2D eigenvalue weighted by atomic mass is 10.0. The van der Waals surface area contributed by atoms with Crippen molar-refractivity contribution in [2.75, 3.05) is 13.2 Å². The Bertz CT molecular complexity index is 268. The topological polar surface area (TPSA) is 59.1 Å². The van der Waals surface area contributed by atoms with Crippen molar-refractivity contribution in [3.05, 3.63) is 0 Å². The van der Waals surface area contributed by atoms with E-state index in [1.165, 1.54) is 38.5 Å². The van der Waals surface area contributed by atoms with Gasteiger partial charge in [0.05, 0.1) is 18.8 Å². The minimum Gasteiger partial charge on any atom is -0.463 e. The van der Waals surface area contributed by atoms with Crippen LogP contribution in [0.2, 0.25) is 0 Å². The quantitative estimate of drug-likeness (QED) is 0.302. The summed E-state index contributed by atoms with van der Waals surface area (Å²) in [6.07, 6.45) is 13.5. The molecule has 1 aliphatic heterocycles. The number of ether oxygens (including phenoxy) is 2. The third-order valence-electron chi connectivity index (χ3n) is 4.00. The summed E-state index contributed by atoms with van der Waals surface area (Å²) in [6.45, 7) is 2.27. The highest BCUT2D eigenvalue weighted by molar-refractivity contribution is 5.69. The van der Waals surface area contributed by atoms with Gasteiger partial charge in [0.15, 0.2) is 0 Å². The van der Waals surface area contributed by atoms with Crippen molar-refractivity contribution in [3.8, 4) is 0 Å². The lowest BCUT2D eigenvalue weighted by Gasteiger charge is -2.02. The van der Waals surface area contributed by atoms with Crippen LogP contribution in [0.1, 0.15) is 77.6 Å². The summed E-state index contributed by atoms with van der Waals surface area (Å²) in [7, 11) is 0. The van der Waals surface area contributed by atoms with Crippen LogP contribution in [0.3, 0.4) is 0 Å². The molecule has 1 fully saturated rings. The molecule has 0 saturated carbocycles. The maximum absolute atomic E-state index is 11.2. The SMILES string of the molecule is CCCCCCCC1OC1CCCCCC(=O)OCCO. The van der Waals surface area contributed by atoms with Crippen LogP contribution in [0.25, 0.3) is 0 Å². The number of rotatable bonds is 14. The van der Waals surface area contributed by atoms with Crippen LogP contribution in [0.5, 0.6) is 0 Å². The fourth-order valence-corrected chi connectivity index (χ4v) is 2.66. The molecule has 0 radical (unpaired) electrons. The summed E-state index contributed by atoms with van der Waals surface area (Å²) in [5.41, 5.74) is 0. The summed E-state index contributed by atoms with van der Waals surface area (Å²) in [4.78, 5) is 11.2. The van der Waals surface area contributed by atoms with Crippen LogP contribution in [-0.2, 0) is 14.3 Å². The smallest absolute Gasteiger partial charge is 0.305 e. The molecule has 0 bridgehead atoms. The van der Waals surface area contributed by atoms with Crippen molar-refractivity contribution in [2.45, 2.75) is 89.8 Å². The van der Waals surface area contributed by atoms with Crippen molar-refractivity contribution in [1.82, 2.24) is 0 Å². The van der Waals surface area contributed by atoms with Crippen LogP contribution in [0.15, 0.2) is 0 Å². The van der Waals surface area contributed by atoms with Gasteiger partial charge in [0.25, 0.3) is 0 Å². The molecule has 0 spiro atoms. The monoisotopic (exact) mass is 300 g/mol. The number of hydrogen-bond acceptors (Lipinski definition) is 4. The molecule has 4 heteroatoms. The van der Waals surface area contributed by atoms with Gasteiger partial charge in [0.1, 0.15) is 6.61 Å². The number of aliphatic hydroxyl groups excluding tert-OH is 1. The molecule has 1 heterocycles. The largest absolute Gasteiger partial charge is 0.463 e. The van der Waals surface area contributed by atoms with E-state index in [2.05, 4.69) is 6.92 Å². The Hall–Kier alpha value is -0.610. The maximum atomic E-state index is 11.2. The third kappa shape index (κ3) is 9.86. The average molecular weight is 300 g/mol. The molecule has 2 unspecified atom stereocenters. The van der Waals surface area contributed by atoms with Gasteiger partial charge in [-0.2, -0.15) is 0 Å². The third-order valence-corrected chi connectivity index (χ3v) is 4.00. The van der Waals surface area contributed by atoms with Gasteiger partial charge in [-0.25, -0.2) is 0 Å². The summed E-state index contributed by atoms with van der Waals surface area (Å²) in [5, 5.41) is 8.53. The number of carbonyl (C=O) groups excluding carboxylic acids is 1. The van der Waals surface area contributed by atoms with Crippen molar-refractivity contribution >= 4 is 5.97 Å². The minimum atomic E-state index is -0.198. The zero-order valence-electron chi connectivity index (χ0n) is 13.5. The maximum Gasteiger partial charge on any atom is 0.305 e. The first-order valence-electron chi connectivity index (χ1n) is 8.70. The second kappa shape index (κ2) is 12.0. The van der Waals surface area contributed by atoms with E-state index in [1.807, 2.05) is 0 Å². The van der Waals surface area contributed by atoms with Crippen LogP contribution in [0.4, 0.5) is 0 Å². The van der Waals surface area contributed by atoms with Crippen LogP contribution in [-0.4, -0.2) is 36.5 Å². The summed E-state index contributed by atoms with van der Waals surface area (Å²) in [5.74, 6) is -0.198. The molecule has 1 saturated heterocycles. The van der Waals surface area contributed by atoms with Gasteiger partial charge in [-0.3, -0.25) is 4.79 Å². The highest BCUT2D eigenvalue weighted by Crippen LogP contribution is 2.31. The summed E-state index contributed by atoms with van der Waals surface area (Å²) >= 11 is 0. The molecular formula is C17H32O4. The van der Waals surface area contributed by atoms with Crippen molar-refractivity contribution in [3.63, 3.8) is 0 Å². The van der Waals surface area contributed by atoms with Gasteiger partial charge >= 0.3 is 5.97 Å². The molecule has 0 aliphatic carbocycles. The van der Waals surface area contributed by atoms with Crippen LogP contribution in [0, 0.1) is 0 Å². The predicted molar refractivity (Wildman–Crippen MR) is 83.2 cm³/mol. The molecule has 0 amide bonds. The molecule has 1 N–H and O–H groups in total. The van der Waals surface area contributed by atoms with Crippen LogP contribution < -0.4 is 0 Å². The van der Waals surface area contributed by atoms with E-state index in [0.717, 1.165) is 25.7 Å². The molecule has 0 aromatic heterocycles. The Kier molecular flexibility index (Phi) is 10.5. The van der Waals surface area contributed by atoms with Gasteiger partial charge in [-0.15, -0.1) is 0 Å². The van der Waals surface area contributed by atoms with E-state index in [4.69, 9.17) is 14.6 Å². The molecular weight excluding hydrogens is 268 g/mol. The number of esters is 1. The highest BCUT2D eigenvalue weighted by atomic mass is 16.6. The van der Waals surface area contributed by atoms with E-state index in [0.29, 0.717) is 18.6 Å². The first kappa shape index (κ1) is 18.4. The van der Waals surface area contributed by atoms with E-state index in [1.54, 1.807) is 0 Å². The lowest BCUT2D eigenvalue weighted by molar-refractivity contribution is -0.144. The van der Waals surface area contributed by atoms with Gasteiger partial charge in [-0.1, -0.05) is 51.9 Å². The second-order valence-corrected chi connectivity index (χ2v) is 5.96. The molecule has 21 heavy (non-hydrogen) atoms. The molecule has 124 valence electrons. The number of carbonyl (C=O) groups is 1. The Morgan fingerprint density at radius 2 is 1.62 bits per heavy atom. The normalized spacial score (nSPS) is 20.5. The molecule has 0 aromatic rings. The predicted octanol–water partition coefficient (Wildman–Crippen LogP) is 3.60. The second-order valence-electron chi connectivity index (χ2n) is 5.96. The molecule has 4 nitrogen and oxygen atoms in total. The van der Waals surface area contributed by atoms with Crippen molar-refractivity contribution < 1.29 is 19.4 Å². The summed E-state index contributed by atoms with van der Waals surface area (Å²) < 4.78 is 10.5. The Balaban J connectivity index is 1.82. The van der Waals surface area contributed by atoms with E-state index in [9.17, 15) is 4.79 Å². The molecule has 1 rings (SSSR count). The van der Waals surface area contributed by atoms with Gasteiger partial charge in [0, 0.05) is 6.42 Å². The zero-order valence-corrected chi connectivity index (χ0v) is 13.5. The first-order chi connectivity index (χ1) is 10.3. The van der Waals surface area contributed by atoms with Gasteiger partial charge in [-0.05, 0) is 19.3 Å². The number of hydrogen-bond donors (Lipinski definition) is 1. The molecule has 0 aromatic carbocycles. The van der Waals surface area contributed by atoms with E-state index >= 15 is 0 Å². The number of aliphatic hydroxyl groups is 1. The Morgan fingerprint density at radius 3 is 2.24 bits per heavy atom. The van der Waals surface area contributed by atoms with Gasteiger partial charge in [0.2, 0.25) is 0 Å². The lowest BCUT2D eigenvalue weighted by Crippen LogP contribution is -2.07. The van der Waals surface area contributed by atoms with Crippen molar-refractivity contribution in [1.29, 1.82) is 0 Å². The van der Waals surface area contributed by atoms with E-state index in [-0.39, 0.29) is 19.2 Å².